The highest BCUT2D eigenvalue weighted by Gasteiger charge is 2.15. The predicted octanol–water partition coefficient (Wildman–Crippen LogP) is 0.480. The molecule has 0 aliphatic rings. The SMILES string of the molecule is O=c1ccc2c(S(=O)(=O)O)ccc(O)c2[nH]1. The zero-order chi connectivity index (χ0) is 11.9. The van der Waals surface area contributed by atoms with E-state index in [9.17, 15) is 18.3 Å². The number of rotatable bonds is 1. The lowest BCUT2D eigenvalue weighted by Crippen LogP contribution is -2.05. The van der Waals surface area contributed by atoms with Crippen molar-refractivity contribution in [3.63, 3.8) is 0 Å². The number of phenols is 1. The van der Waals surface area contributed by atoms with Gasteiger partial charge in [0.2, 0.25) is 5.56 Å². The minimum absolute atomic E-state index is 0.0253. The largest absolute Gasteiger partial charge is 0.506 e. The first-order valence-corrected chi connectivity index (χ1v) is 5.66. The molecule has 0 saturated carbocycles. The number of aromatic hydroxyl groups is 1. The Bertz CT molecular complexity index is 716. The van der Waals surface area contributed by atoms with Gasteiger partial charge in [-0.15, -0.1) is 0 Å². The van der Waals surface area contributed by atoms with Crippen LogP contribution in [0.15, 0.2) is 34.0 Å². The normalized spacial score (nSPS) is 11.8. The van der Waals surface area contributed by atoms with Gasteiger partial charge in [-0.3, -0.25) is 9.35 Å². The molecule has 1 heterocycles. The number of aromatic nitrogens is 1. The van der Waals surface area contributed by atoms with Gasteiger partial charge in [-0.05, 0) is 18.2 Å². The predicted molar refractivity (Wildman–Crippen MR) is 56.0 cm³/mol. The molecule has 0 aliphatic heterocycles. The second-order valence-corrected chi connectivity index (χ2v) is 4.56. The highest BCUT2D eigenvalue weighted by atomic mass is 32.2. The van der Waals surface area contributed by atoms with Gasteiger partial charge in [0.05, 0.1) is 5.52 Å². The van der Waals surface area contributed by atoms with Crippen LogP contribution in [0.2, 0.25) is 0 Å². The minimum Gasteiger partial charge on any atom is -0.506 e. The monoisotopic (exact) mass is 241 g/mol. The summed E-state index contributed by atoms with van der Waals surface area (Å²) in [5, 5.41) is 9.50. The van der Waals surface area contributed by atoms with Crippen molar-refractivity contribution in [3.05, 3.63) is 34.6 Å². The summed E-state index contributed by atoms with van der Waals surface area (Å²) >= 11 is 0. The molecule has 0 amide bonds. The maximum absolute atomic E-state index is 11.0. The molecular weight excluding hydrogens is 234 g/mol. The van der Waals surface area contributed by atoms with Crippen molar-refractivity contribution in [2.24, 2.45) is 0 Å². The van der Waals surface area contributed by atoms with E-state index < -0.39 is 15.7 Å². The number of phenolic OH excluding ortho intramolecular Hbond substituents is 1. The van der Waals surface area contributed by atoms with E-state index in [0.717, 1.165) is 18.2 Å². The Labute approximate surface area is 89.9 Å². The molecule has 0 saturated heterocycles. The fraction of sp³-hybridized carbons (Fsp3) is 0. The summed E-state index contributed by atoms with van der Waals surface area (Å²) in [6.45, 7) is 0. The van der Waals surface area contributed by atoms with Gasteiger partial charge in [-0.25, -0.2) is 0 Å². The number of hydrogen-bond donors (Lipinski definition) is 3. The number of H-pyrrole nitrogens is 1. The summed E-state index contributed by atoms with van der Waals surface area (Å²) in [5.74, 6) is -0.264. The Kier molecular flexibility index (Phi) is 2.21. The number of fused-ring (bicyclic) bond motifs is 1. The van der Waals surface area contributed by atoms with Gasteiger partial charge >= 0.3 is 0 Å². The van der Waals surface area contributed by atoms with Crippen LogP contribution in [0.1, 0.15) is 0 Å². The van der Waals surface area contributed by atoms with E-state index in [0.29, 0.717) is 0 Å². The molecule has 1 aromatic heterocycles. The lowest BCUT2D eigenvalue weighted by molar-refractivity contribution is 0.478. The van der Waals surface area contributed by atoms with Crippen molar-refractivity contribution in [2.75, 3.05) is 0 Å². The van der Waals surface area contributed by atoms with Gasteiger partial charge in [0.25, 0.3) is 10.1 Å². The van der Waals surface area contributed by atoms with Crippen molar-refractivity contribution >= 4 is 21.0 Å². The maximum atomic E-state index is 11.0. The second kappa shape index (κ2) is 3.32. The van der Waals surface area contributed by atoms with Crippen LogP contribution < -0.4 is 5.56 Å². The van der Waals surface area contributed by atoms with E-state index in [4.69, 9.17) is 4.55 Å². The lowest BCUT2D eigenvalue weighted by atomic mass is 10.2. The third-order valence-electron chi connectivity index (χ3n) is 2.11. The van der Waals surface area contributed by atoms with Crippen molar-refractivity contribution in [3.8, 4) is 5.75 Å². The molecule has 16 heavy (non-hydrogen) atoms. The highest BCUT2D eigenvalue weighted by Crippen LogP contribution is 2.27. The van der Waals surface area contributed by atoms with Crippen molar-refractivity contribution in [1.82, 2.24) is 4.98 Å². The third-order valence-corrected chi connectivity index (χ3v) is 3.02. The van der Waals surface area contributed by atoms with Crippen molar-refractivity contribution in [2.45, 2.75) is 4.90 Å². The van der Waals surface area contributed by atoms with E-state index >= 15 is 0 Å². The van der Waals surface area contributed by atoms with Gasteiger partial charge < -0.3 is 10.1 Å². The average Bonchev–Trinajstić information content (AvgIpc) is 2.17. The quantitative estimate of drug-likeness (QED) is 0.629. The number of nitrogens with one attached hydrogen (secondary N) is 1. The first-order valence-electron chi connectivity index (χ1n) is 4.22. The third kappa shape index (κ3) is 1.66. The van der Waals surface area contributed by atoms with E-state index in [2.05, 4.69) is 4.98 Å². The van der Waals surface area contributed by atoms with Crippen LogP contribution in [0.3, 0.4) is 0 Å². The summed E-state index contributed by atoms with van der Waals surface area (Å²) in [5.41, 5.74) is -0.502. The molecule has 0 aliphatic carbocycles. The van der Waals surface area contributed by atoms with Crippen LogP contribution in [0.4, 0.5) is 0 Å². The fourth-order valence-electron chi connectivity index (χ4n) is 1.43. The van der Waals surface area contributed by atoms with Crippen molar-refractivity contribution < 1.29 is 18.1 Å². The molecule has 0 radical (unpaired) electrons. The standard InChI is InChI=1S/C9H7NO5S/c11-6-2-3-7(16(13,14)15)5-1-4-8(12)10-9(5)6/h1-4,11H,(H,10,12)(H,13,14,15). The van der Waals surface area contributed by atoms with Crippen LogP contribution in [-0.4, -0.2) is 23.1 Å². The second-order valence-electron chi connectivity index (χ2n) is 3.17. The first kappa shape index (κ1) is 10.7. The fourth-order valence-corrected chi connectivity index (χ4v) is 2.12. The molecule has 0 fully saturated rings. The molecule has 84 valence electrons. The van der Waals surface area contributed by atoms with Crippen LogP contribution in [0, 0.1) is 0 Å². The van der Waals surface area contributed by atoms with E-state index in [1.807, 2.05) is 0 Å². The Morgan fingerprint density at radius 1 is 1.12 bits per heavy atom. The molecule has 0 spiro atoms. The molecule has 0 bridgehead atoms. The average molecular weight is 241 g/mol. The summed E-state index contributed by atoms with van der Waals surface area (Å²) < 4.78 is 31.0. The minimum atomic E-state index is -4.39. The van der Waals surface area contributed by atoms with Crippen LogP contribution in [0.25, 0.3) is 10.9 Å². The molecule has 0 atom stereocenters. The van der Waals surface area contributed by atoms with Gasteiger partial charge in [0, 0.05) is 11.5 Å². The zero-order valence-corrected chi connectivity index (χ0v) is 8.65. The molecule has 6 nitrogen and oxygen atoms in total. The summed E-state index contributed by atoms with van der Waals surface area (Å²) in [4.78, 5) is 12.9. The number of hydrogen-bond acceptors (Lipinski definition) is 4. The Hall–Kier alpha value is -1.86. The van der Waals surface area contributed by atoms with Crippen LogP contribution >= 0.6 is 0 Å². The number of pyridine rings is 1. The first-order chi connectivity index (χ1) is 7.39. The number of aromatic amines is 1. The van der Waals surface area contributed by atoms with Crippen LogP contribution in [-0.2, 0) is 10.1 Å². The summed E-state index contributed by atoms with van der Waals surface area (Å²) in [6.07, 6.45) is 0. The van der Waals surface area contributed by atoms with Gasteiger partial charge in [0.15, 0.2) is 0 Å². The lowest BCUT2D eigenvalue weighted by Gasteiger charge is -2.04. The molecule has 0 unspecified atom stereocenters. The molecule has 2 aromatic rings. The van der Waals surface area contributed by atoms with Crippen LogP contribution in [0.5, 0.6) is 5.75 Å². The molecule has 2 rings (SSSR count). The zero-order valence-electron chi connectivity index (χ0n) is 7.84. The number of benzene rings is 1. The smallest absolute Gasteiger partial charge is 0.295 e. The van der Waals surface area contributed by atoms with E-state index in [1.54, 1.807) is 0 Å². The summed E-state index contributed by atoms with van der Waals surface area (Å²) in [6, 6.07) is 4.47. The van der Waals surface area contributed by atoms with Gasteiger partial charge in [-0.1, -0.05) is 0 Å². The Morgan fingerprint density at radius 2 is 1.81 bits per heavy atom. The molecule has 1 aromatic carbocycles. The molecule has 3 N–H and O–H groups in total. The molecular formula is C9H7NO5S. The maximum Gasteiger partial charge on any atom is 0.295 e. The molecule has 7 heteroatoms. The topological polar surface area (TPSA) is 107 Å². The van der Waals surface area contributed by atoms with Gasteiger partial charge in [0.1, 0.15) is 10.6 Å². The highest BCUT2D eigenvalue weighted by molar-refractivity contribution is 7.86. The van der Waals surface area contributed by atoms with E-state index in [-0.39, 0.29) is 21.5 Å². The summed E-state index contributed by atoms with van der Waals surface area (Å²) in [7, 11) is -4.39. The Balaban J connectivity index is 3.01. The van der Waals surface area contributed by atoms with Gasteiger partial charge in [-0.2, -0.15) is 8.42 Å². The Morgan fingerprint density at radius 3 is 2.44 bits per heavy atom. The van der Waals surface area contributed by atoms with E-state index in [1.165, 1.54) is 6.07 Å². The van der Waals surface area contributed by atoms with Crippen molar-refractivity contribution in [1.29, 1.82) is 0 Å².